The Balaban J connectivity index is 1.08. The molecule has 0 fully saturated rings. The molecule has 0 saturated carbocycles. The molecule has 5 nitrogen and oxygen atoms in total. The fourth-order valence-corrected chi connectivity index (χ4v) is 8.73. The van der Waals surface area contributed by atoms with E-state index in [1.54, 1.807) is 0 Å². The Kier molecular flexibility index (Phi) is 6.86. The van der Waals surface area contributed by atoms with Crippen LogP contribution in [0.15, 0.2) is 199 Å². The van der Waals surface area contributed by atoms with Crippen molar-refractivity contribution in [1.82, 2.24) is 19.1 Å². The van der Waals surface area contributed by atoms with Gasteiger partial charge in [0.25, 0.3) is 0 Å². The van der Waals surface area contributed by atoms with Crippen LogP contribution in [0.5, 0.6) is 0 Å². The normalized spacial score (nSPS) is 11.9. The van der Waals surface area contributed by atoms with E-state index in [0.29, 0.717) is 5.82 Å². The first-order chi connectivity index (χ1) is 28.3. The number of furan rings is 1. The zero-order valence-corrected chi connectivity index (χ0v) is 30.7. The topological polar surface area (TPSA) is 48.8 Å². The summed E-state index contributed by atoms with van der Waals surface area (Å²) in [6.45, 7) is 0. The predicted molar refractivity (Wildman–Crippen MR) is 234 cm³/mol. The molecule has 0 aliphatic heterocycles. The average Bonchev–Trinajstić information content (AvgIpc) is 3.93. The van der Waals surface area contributed by atoms with Crippen LogP contribution in [0.3, 0.4) is 0 Å². The lowest BCUT2D eigenvalue weighted by atomic mass is 10.1. The molecular weight excluding hydrogens is 697 g/mol. The standard InChI is InChI=1S/C52H32N4O/c1-4-15-33(16-5-1)43-31-44(34-17-6-2-7-18-34)54-52(53-43)35-27-28-39-40-23-14-26-47(51(40)57-50(39)29-35)56-46-25-13-11-22-38(46)42-30-41-37-21-10-12-24-45(37)55(48(41)32-49(42)56)36-19-8-3-9-20-36/h1-32H. The highest BCUT2D eigenvalue weighted by molar-refractivity contribution is 6.20. The van der Waals surface area contributed by atoms with E-state index in [4.69, 9.17) is 14.4 Å². The van der Waals surface area contributed by atoms with Crippen LogP contribution in [0, 0.1) is 0 Å². The SMILES string of the molecule is c1ccc(-c2cc(-c3ccccc3)nc(-c3ccc4c(c3)oc3c(-n5c6ccccc6c6cc7c8ccccc8n(-c8ccccc8)c7cc65)cccc34)n2)cc1. The van der Waals surface area contributed by atoms with Crippen molar-refractivity contribution in [1.29, 1.82) is 0 Å². The molecule has 0 radical (unpaired) electrons. The molecule has 0 spiro atoms. The van der Waals surface area contributed by atoms with E-state index in [9.17, 15) is 0 Å². The number of benzene rings is 8. The first-order valence-corrected chi connectivity index (χ1v) is 19.2. The molecule has 12 aromatic rings. The van der Waals surface area contributed by atoms with Crippen molar-refractivity contribution in [3.63, 3.8) is 0 Å². The first-order valence-electron chi connectivity index (χ1n) is 19.2. The highest BCUT2D eigenvalue weighted by atomic mass is 16.3. The molecule has 8 aromatic carbocycles. The largest absolute Gasteiger partial charge is 0.454 e. The maximum atomic E-state index is 6.94. The minimum Gasteiger partial charge on any atom is -0.454 e. The Bertz CT molecular complexity index is 3450. The fraction of sp³-hybridized carbons (Fsp3) is 0. The van der Waals surface area contributed by atoms with Gasteiger partial charge in [-0.2, -0.15) is 0 Å². The molecule has 5 heteroatoms. The molecule has 266 valence electrons. The maximum absolute atomic E-state index is 6.94. The third-order valence-corrected chi connectivity index (χ3v) is 11.3. The van der Waals surface area contributed by atoms with Gasteiger partial charge in [-0.3, -0.25) is 0 Å². The van der Waals surface area contributed by atoms with Gasteiger partial charge in [0.05, 0.1) is 39.1 Å². The van der Waals surface area contributed by atoms with Crippen LogP contribution in [0.1, 0.15) is 0 Å². The Morgan fingerprint density at radius 1 is 0.351 bits per heavy atom. The van der Waals surface area contributed by atoms with E-state index < -0.39 is 0 Å². The quantitative estimate of drug-likeness (QED) is 0.177. The highest BCUT2D eigenvalue weighted by Gasteiger charge is 2.21. The van der Waals surface area contributed by atoms with Gasteiger partial charge < -0.3 is 13.6 Å². The molecule has 0 amide bonds. The number of hydrogen-bond donors (Lipinski definition) is 0. The molecule has 0 aliphatic carbocycles. The van der Waals surface area contributed by atoms with Gasteiger partial charge in [-0.25, -0.2) is 9.97 Å². The number of aromatic nitrogens is 4. The summed E-state index contributed by atoms with van der Waals surface area (Å²) in [6, 6.07) is 68.2. The van der Waals surface area contributed by atoms with Gasteiger partial charge in [-0.05, 0) is 60.7 Å². The van der Waals surface area contributed by atoms with Gasteiger partial charge in [-0.15, -0.1) is 0 Å². The van der Waals surface area contributed by atoms with Crippen LogP contribution in [0.4, 0.5) is 0 Å². The zero-order chi connectivity index (χ0) is 37.5. The third-order valence-electron chi connectivity index (χ3n) is 11.3. The summed E-state index contributed by atoms with van der Waals surface area (Å²) in [4.78, 5) is 10.2. The summed E-state index contributed by atoms with van der Waals surface area (Å²) in [5, 5.41) is 6.97. The molecule has 0 bridgehead atoms. The van der Waals surface area contributed by atoms with Crippen LogP contribution >= 0.6 is 0 Å². The number of fused-ring (bicyclic) bond motifs is 9. The minimum absolute atomic E-state index is 0.651. The lowest BCUT2D eigenvalue weighted by Crippen LogP contribution is -1.96. The number of hydrogen-bond acceptors (Lipinski definition) is 3. The van der Waals surface area contributed by atoms with Gasteiger partial charge in [0.1, 0.15) is 5.58 Å². The first kappa shape index (κ1) is 31.6. The molecule has 12 rings (SSSR count). The van der Waals surface area contributed by atoms with Crippen molar-refractivity contribution in [3.05, 3.63) is 194 Å². The van der Waals surface area contributed by atoms with Crippen LogP contribution in [-0.4, -0.2) is 19.1 Å². The van der Waals surface area contributed by atoms with Crippen LogP contribution < -0.4 is 0 Å². The molecule has 0 atom stereocenters. The van der Waals surface area contributed by atoms with Crippen molar-refractivity contribution in [2.24, 2.45) is 0 Å². The summed E-state index contributed by atoms with van der Waals surface area (Å²) < 4.78 is 11.7. The van der Waals surface area contributed by atoms with E-state index in [1.165, 1.54) is 27.1 Å². The lowest BCUT2D eigenvalue weighted by molar-refractivity contribution is 0.666. The molecule has 4 aromatic heterocycles. The molecule has 4 heterocycles. The Labute approximate surface area is 327 Å². The van der Waals surface area contributed by atoms with Crippen molar-refractivity contribution in [2.75, 3.05) is 0 Å². The second-order valence-corrected chi connectivity index (χ2v) is 14.6. The van der Waals surface area contributed by atoms with Crippen molar-refractivity contribution in [2.45, 2.75) is 0 Å². The van der Waals surface area contributed by atoms with Crippen LogP contribution in [-0.2, 0) is 0 Å². The van der Waals surface area contributed by atoms with E-state index in [-0.39, 0.29) is 0 Å². The average molecular weight is 729 g/mol. The number of rotatable bonds is 5. The predicted octanol–water partition coefficient (Wildman–Crippen LogP) is 13.6. The maximum Gasteiger partial charge on any atom is 0.160 e. The third kappa shape index (κ3) is 4.89. The molecule has 0 N–H and O–H groups in total. The summed E-state index contributed by atoms with van der Waals surface area (Å²) in [5.74, 6) is 0.651. The van der Waals surface area contributed by atoms with E-state index in [0.717, 1.165) is 77.9 Å². The van der Waals surface area contributed by atoms with E-state index in [1.807, 2.05) is 36.4 Å². The van der Waals surface area contributed by atoms with E-state index >= 15 is 0 Å². The highest BCUT2D eigenvalue weighted by Crippen LogP contribution is 2.42. The molecule has 57 heavy (non-hydrogen) atoms. The van der Waals surface area contributed by atoms with Crippen LogP contribution in [0.25, 0.3) is 111 Å². The van der Waals surface area contributed by atoms with Crippen molar-refractivity contribution >= 4 is 65.6 Å². The molecular formula is C52H32N4O. The second kappa shape index (κ2) is 12.4. The number of para-hydroxylation sites is 4. The molecule has 0 saturated heterocycles. The summed E-state index contributed by atoms with van der Waals surface area (Å²) >= 11 is 0. The Morgan fingerprint density at radius 2 is 0.912 bits per heavy atom. The Hall–Kier alpha value is -7.76. The van der Waals surface area contributed by atoms with Gasteiger partial charge in [0.15, 0.2) is 11.4 Å². The fourth-order valence-electron chi connectivity index (χ4n) is 8.73. The molecule has 0 unspecified atom stereocenters. The van der Waals surface area contributed by atoms with Crippen LogP contribution in [0.2, 0.25) is 0 Å². The van der Waals surface area contributed by atoms with Crippen molar-refractivity contribution < 1.29 is 4.42 Å². The van der Waals surface area contributed by atoms with Gasteiger partial charge in [0, 0.05) is 54.7 Å². The Morgan fingerprint density at radius 3 is 1.58 bits per heavy atom. The monoisotopic (exact) mass is 728 g/mol. The lowest BCUT2D eigenvalue weighted by Gasteiger charge is -2.10. The minimum atomic E-state index is 0.651. The second-order valence-electron chi connectivity index (χ2n) is 14.6. The summed E-state index contributed by atoms with van der Waals surface area (Å²) in [7, 11) is 0. The van der Waals surface area contributed by atoms with Crippen molar-refractivity contribution in [3.8, 4) is 45.3 Å². The summed E-state index contributed by atoms with van der Waals surface area (Å²) in [6.07, 6.45) is 0. The van der Waals surface area contributed by atoms with Gasteiger partial charge in [-0.1, -0.05) is 133 Å². The van der Waals surface area contributed by atoms with Gasteiger partial charge >= 0.3 is 0 Å². The van der Waals surface area contributed by atoms with E-state index in [2.05, 4.69) is 167 Å². The number of nitrogens with zero attached hydrogens (tertiary/aromatic N) is 4. The molecule has 0 aliphatic rings. The van der Waals surface area contributed by atoms with Gasteiger partial charge in [0.2, 0.25) is 0 Å². The smallest absolute Gasteiger partial charge is 0.160 e. The summed E-state index contributed by atoms with van der Waals surface area (Å²) in [5.41, 5.74) is 13.1. The zero-order valence-electron chi connectivity index (χ0n) is 30.7.